The first kappa shape index (κ1) is 24.7. The number of halogens is 3. The molecule has 1 aromatic rings. The lowest BCUT2D eigenvalue weighted by Gasteiger charge is -2.39. The second kappa shape index (κ2) is 9.69. The first-order valence-corrected chi connectivity index (χ1v) is 11.9. The van der Waals surface area contributed by atoms with Crippen LogP contribution in [0.25, 0.3) is 0 Å². The lowest BCUT2D eigenvalue weighted by atomic mass is 9.90. The topological polar surface area (TPSA) is 89.0 Å². The monoisotopic (exact) mass is 483 g/mol. The Morgan fingerprint density at radius 1 is 1.18 bits per heavy atom. The fourth-order valence-corrected chi connectivity index (χ4v) is 4.93. The molecular weight excluding hydrogens is 451 g/mol. The van der Waals surface area contributed by atoms with Gasteiger partial charge >= 0.3 is 12.2 Å². The molecule has 2 atom stereocenters. The number of alkyl halides is 3. The number of urea groups is 1. The van der Waals surface area contributed by atoms with E-state index in [9.17, 15) is 27.9 Å². The van der Waals surface area contributed by atoms with Gasteiger partial charge in [0.25, 0.3) is 0 Å². The molecule has 1 spiro atoms. The van der Waals surface area contributed by atoms with Gasteiger partial charge in [-0.1, -0.05) is 6.07 Å². The van der Waals surface area contributed by atoms with E-state index in [2.05, 4.69) is 15.2 Å². The molecule has 0 radical (unpaired) electrons. The van der Waals surface area contributed by atoms with Gasteiger partial charge in [-0.05, 0) is 69.7 Å². The van der Waals surface area contributed by atoms with Crippen LogP contribution in [-0.4, -0.2) is 88.1 Å². The highest BCUT2D eigenvalue weighted by Crippen LogP contribution is 2.53. The number of hydrogen-bond donors (Lipinski definition) is 2. The van der Waals surface area contributed by atoms with E-state index in [1.807, 2.05) is 0 Å². The van der Waals surface area contributed by atoms with Gasteiger partial charge < -0.3 is 19.8 Å². The summed E-state index contributed by atoms with van der Waals surface area (Å²) in [7, 11) is 0. The summed E-state index contributed by atoms with van der Waals surface area (Å²) in [6.07, 6.45) is 0.257. The molecule has 3 amide bonds. The summed E-state index contributed by atoms with van der Waals surface area (Å²) in [4.78, 5) is 34.2. The van der Waals surface area contributed by atoms with Gasteiger partial charge in [-0.15, -0.1) is 0 Å². The van der Waals surface area contributed by atoms with Crippen LogP contribution in [0.2, 0.25) is 0 Å². The van der Waals surface area contributed by atoms with Crippen molar-refractivity contribution in [1.82, 2.24) is 19.7 Å². The summed E-state index contributed by atoms with van der Waals surface area (Å²) in [5.74, 6) is -0.389. The van der Waals surface area contributed by atoms with Crippen LogP contribution >= 0.6 is 0 Å². The van der Waals surface area contributed by atoms with Gasteiger partial charge in [-0.2, -0.15) is 13.2 Å². The summed E-state index contributed by atoms with van der Waals surface area (Å²) in [6.45, 7) is 5.51. The van der Waals surface area contributed by atoms with Gasteiger partial charge in [0.05, 0.1) is 6.10 Å². The molecule has 11 heteroatoms. The maximum atomic E-state index is 12.9. The van der Waals surface area contributed by atoms with Crippen molar-refractivity contribution in [2.24, 2.45) is 5.41 Å². The van der Waals surface area contributed by atoms with Gasteiger partial charge in [0.1, 0.15) is 17.6 Å². The van der Waals surface area contributed by atoms with Crippen LogP contribution in [-0.2, 0) is 11.0 Å². The number of piperazine rings is 1. The molecule has 8 nitrogen and oxygen atoms in total. The van der Waals surface area contributed by atoms with Gasteiger partial charge in [0.15, 0.2) is 0 Å². The van der Waals surface area contributed by atoms with Gasteiger partial charge in [-0.3, -0.25) is 10.1 Å². The minimum atomic E-state index is -4.61. The van der Waals surface area contributed by atoms with Crippen molar-refractivity contribution in [3.8, 4) is 0 Å². The lowest BCUT2D eigenvalue weighted by molar-refractivity contribution is -0.141. The molecule has 2 aliphatic heterocycles. The third-order valence-corrected chi connectivity index (χ3v) is 7.39. The van der Waals surface area contributed by atoms with Crippen molar-refractivity contribution in [3.05, 3.63) is 23.9 Å². The van der Waals surface area contributed by atoms with Crippen LogP contribution in [0, 0.1) is 5.41 Å². The predicted octanol–water partition coefficient (Wildman–Crippen LogP) is 2.79. The highest BCUT2D eigenvalue weighted by Gasteiger charge is 2.51. The fourth-order valence-electron chi connectivity index (χ4n) is 4.93. The third-order valence-electron chi connectivity index (χ3n) is 7.39. The predicted molar refractivity (Wildman–Crippen MR) is 119 cm³/mol. The molecule has 1 aliphatic carbocycles. The number of rotatable bonds is 6. The Hall–Kier alpha value is -2.40. The molecule has 34 heavy (non-hydrogen) atoms. The zero-order chi connectivity index (χ0) is 24.5. The molecule has 0 unspecified atom stereocenters. The number of pyridine rings is 1. The number of aliphatic hydroxyl groups is 1. The Bertz CT molecular complexity index is 908. The molecule has 2 saturated heterocycles. The molecule has 2 N–H and O–H groups in total. The Balaban J connectivity index is 1.21. The minimum absolute atomic E-state index is 0.178. The van der Waals surface area contributed by atoms with Crippen LogP contribution in [0.5, 0.6) is 0 Å². The Morgan fingerprint density at radius 3 is 2.59 bits per heavy atom. The molecule has 3 aliphatic rings. The summed E-state index contributed by atoms with van der Waals surface area (Å²) in [5, 5.41) is 12.7. The molecule has 4 rings (SSSR count). The number of unbranched alkanes of at least 4 members (excludes halogenated alkanes) is 1. The molecule has 3 fully saturated rings. The van der Waals surface area contributed by atoms with Crippen LogP contribution < -0.4 is 5.32 Å². The average molecular weight is 484 g/mol. The van der Waals surface area contributed by atoms with E-state index in [1.54, 1.807) is 11.8 Å². The highest BCUT2D eigenvalue weighted by molar-refractivity contribution is 5.93. The number of β-amino-alcohol motifs (C(OH)–C–C–N with tert-alkyl or cyclic N) is 1. The van der Waals surface area contributed by atoms with Crippen molar-refractivity contribution >= 4 is 17.8 Å². The van der Waals surface area contributed by atoms with Crippen molar-refractivity contribution in [2.75, 3.05) is 44.6 Å². The van der Waals surface area contributed by atoms with Crippen molar-refractivity contribution in [2.45, 2.75) is 57.3 Å². The molecule has 1 aromatic heterocycles. The second-order valence-electron chi connectivity index (χ2n) is 9.67. The maximum Gasteiger partial charge on any atom is 0.433 e. The molecule has 0 bridgehead atoms. The molecule has 1 saturated carbocycles. The molecular formula is C23H32F3N5O3. The van der Waals surface area contributed by atoms with Gasteiger partial charge in [-0.25, -0.2) is 9.78 Å². The quantitative estimate of drug-likeness (QED) is 0.608. The highest BCUT2D eigenvalue weighted by atomic mass is 19.4. The van der Waals surface area contributed by atoms with Crippen molar-refractivity contribution in [1.29, 1.82) is 0 Å². The van der Waals surface area contributed by atoms with E-state index < -0.39 is 23.9 Å². The van der Waals surface area contributed by atoms with Gasteiger partial charge in [0.2, 0.25) is 5.91 Å². The zero-order valence-corrected chi connectivity index (χ0v) is 19.4. The SMILES string of the molecule is C[C@H]1C(=O)N(CCCCN2CCC3(CC3)[C@H](O)C2)CCN1C(=O)Nc1cccc(C(F)(F)F)n1. The van der Waals surface area contributed by atoms with Crippen LogP contribution in [0.3, 0.4) is 0 Å². The zero-order valence-electron chi connectivity index (χ0n) is 19.4. The van der Waals surface area contributed by atoms with E-state index in [-0.39, 0.29) is 29.8 Å². The first-order valence-electron chi connectivity index (χ1n) is 11.9. The van der Waals surface area contributed by atoms with E-state index in [4.69, 9.17) is 0 Å². The maximum absolute atomic E-state index is 12.9. The number of hydrogen-bond acceptors (Lipinski definition) is 5. The summed E-state index contributed by atoms with van der Waals surface area (Å²) in [6, 6.07) is 1.92. The number of likely N-dealkylation sites (tertiary alicyclic amines) is 1. The molecule has 188 valence electrons. The summed E-state index contributed by atoms with van der Waals surface area (Å²) >= 11 is 0. The molecule has 0 aromatic carbocycles. The number of aromatic nitrogens is 1. The number of nitrogens with one attached hydrogen (secondary N) is 1. The number of carbonyl (C=O) groups is 2. The minimum Gasteiger partial charge on any atom is -0.391 e. The number of aliphatic hydroxyl groups excluding tert-OH is 1. The lowest BCUT2D eigenvalue weighted by Crippen LogP contribution is -2.58. The largest absolute Gasteiger partial charge is 0.433 e. The summed E-state index contributed by atoms with van der Waals surface area (Å²) in [5.41, 5.74) is -0.896. The number of carbonyl (C=O) groups excluding carboxylic acids is 2. The Kier molecular flexibility index (Phi) is 7.04. The van der Waals surface area contributed by atoms with Crippen LogP contribution in [0.1, 0.15) is 44.7 Å². The number of piperidine rings is 1. The van der Waals surface area contributed by atoms with Crippen molar-refractivity contribution in [3.63, 3.8) is 0 Å². The standard InChI is InChI=1S/C23H32F3N5O3/c1-16-20(33)30(11-3-2-10-29-12-9-22(7-8-22)18(32)15-29)13-14-31(16)21(34)28-19-6-4-5-17(27-19)23(24,25)26/h4-6,16,18,32H,2-3,7-15H2,1H3,(H,27,28,34)/t16-,18+/m0/s1. The normalized spacial score (nSPS) is 25.0. The van der Waals surface area contributed by atoms with E-state index in [0.717, 1.165) is 57.8 Å². The first-order chi connectivity index (χ1) is 16.1. The van der Waals surface area contributed by atoms with E-state index >= 15 is 0 Å². The number of anilines is 1. The van der Waals surface area contributed by atoms with Crippen LogP contribution in [0.15, 0.2) is 18.2 Å². The Labute approximate surface area is 197 Å². The van der Waals surface area contributed by atoms with E-state index in [1.165, 1.54) is 17.0 Å². The smallest absolute Gasteiger partial charge is 0.391 e. The second-order valence-corrected chi connectivity index (χ2v) is 9.67. The fraction of sp³-hybridized carbons (Fsp3) is 0.696. The van der Waals surface area contributed by atoms with Crippen LogP contribution in [0.4, 0.5) is 23.8 Å². The number of amides is 3. The van der Waals surface area contributed by atoms with Crippen molar-refractivity contribution < 1.29 is 27.9 Å². The summed E-state index contributed by atoms with van der Waals surface area (Å²) < 4.78 is 38.6. The number of nitrogens with zero attached hydrogens (tertiary/aromatic N) is 4. The van der Waals surface area contributed by atoms with Gasteiger partial charge in [0, 0.05) is 26.2 Å². The average Bonchev–Trinajstić information content (AvgIpc) is 3.57. The third kappa shape index (κ3) is 5.46. The Morgan fingerprint density at radius 2 is 1.91 bits per heavy atom. The van der Waals surface area contributed by atoms with E-state index in [0.29, 0.717) is 13.1 Å². The molecule has 3 heterocycles.